The first-order valence-corrected chi connectivity index (χ1v) is 21.8. The lowest BCUT2D eigenvalue weighted by Gasteiger charge is -2.34. The van der Waals surface area contributed by atoms with Crippen LogP contribution in [-0.4, -0.2) is 15.0 Å². The molecule has 3 aromatic heterocycles. The van der Waals surface area contributed by atoms with Gasteiger partial charge in [-0.2, -0.15) is 0 Å². The molecule has 0 spiro atoms. The molecule has 0 fully saturated rings. The van der Waals surface area contributed by atoms with Gasteiger partial charge in [-0.3, -0.25) is 0 Å². The number of allylic oxidation sites excluding steroid dienone is 6. The lowest BCUT2D eigenvalue weighted by Crippen LogP contribution is -2.16. The molecule has 0 amide bonds. The molecule has 2 aliphatic rings. The number of rotatable bonds is 7. The van der Waals surface area contributed by atoms with Crippen LogP contribution in [0.2, 0.25) is 0 Å². The molecule has 12 rings (SSSR count). The van der Waals surface area contributed by atoms with E-state index >= 15 is 0 Å². The zero-order chi connectivity index (χ0) is 41.1. The quantitative estimate of drug-likeness (QED) is 0.150. The molecule has 4 nitrogen and oxygen atoms in total. The number of furan rings is 1. The van der Waals surface area contributed by atoms with Crippen LogP contribution in [0.5, 0.6) is 0 Å². The molecular formula is C57H37N3OS. The molecule has 0 N–H and O–H groups in total. The highest BCUT2D eigenvalue weighted by Gasteiger charge is 2.31. The van der Waals surface area contributed by atoms with Crippen LogP contribution < -0.4 is 0 Å². The van der Waals surface area contributed by atoms with Crippen LogP contribution in [0.4, 0.5) is 0 Å². The van der Waals surface area contributed by atoms with Gasteiger partial charge in [0.05, 0.1) is 6.26 Å². The monoisotopic (exact) mass is 811 g/mol. The fraction of sp³-hybridized carbons (Fsp3) is 0.0351. The van der Waals surface area contributed by atoms with E-state index in [0.717, 1.165) is 55.5 Å². The number of nitrogens with zero attached hydrogens (tertiary/aromatic N) is 3. The van der Waals surface area contributed by atoms with Crippen LogP contribution >= 0.6 is 11.3 Å². The minimum absolute atomic E-state index is 0.322. The standard InChI is InChI=1S/C57H37N3OS/c1-2-35(39-27-29-47-45-17-7-6-15-43(45)44-16-8-9-18-46(44)50(47)32-39)31-41-34-61-51-21-12-20-42(54(41)51)36-23-25-38(26-24-36)56-58-55(37-13-4-3-5-14-37)59-57(60-56)40-28-30-49-48-19-10-11-22-52(48)62-53(49)33-40/h2-34,43,45H,1H2/b35-31+. The van der Waals surface area contributed by atoms with Gasteiger partial charge in [0.1, 0.15) is 5.58 Å². The lowest BCUT2D eigenvalue weighted by molar-refractivity contribution is 0.615. The Hall–Kier alpha value is -7.73. The highest BCUT2D eigenvalue weighted by Crippen LogP contribution is 2.50. The van der Waals surface area contributed by atoms with Crippen LogP contribution in [0.15, 0.2) is 205 Å². The maximum Gasteiger partial charge on any atom is 0.164 e. The van der Waals surface area contributed by atoms with Gasteiger partial charge in [-0.15, -0.1) is 11.3 Å². The van der Waals surface area contributed by atoms with Gasteiger partial charge in [0.2, 0.25) is 0 Å². The number of hydrogen-bond donors (Lipinski definition) is 0. The van der Waals surface area contributed by atoms with E-state index in [0.29, 0.717) is 29.3 Å². The molecule has 10 aromatic rings. The van der Waals surface area contributed by atoms with E-state index in [1.807, 2.05) is 48.7 Å². The first-order valence-electron chi connectivity index (χ1n) is 20.9. The molecule has 2 atom stereocenters. The topological polar surface area (TPSA) is 51.8 Å². The smallest absolute Gasteiger partial charge is 0.164 e. The Kier molecular flexibility index (Phi) is 8.61. The Labute approximate surface area is 363 Å². The molecule has 0 bridgehead atoms. The molecule has 292 valence electrons. The Bertz CT molecular complexity index is 3500. The summed E-state index contributed by atoms with van der Waals surface area (Å²) in [7, 11) is 0. The molecule has 5 heteroatoms. The summed E-state index contributed by atoms with van der Waals surface area (Å²) in [4.78, 5) is 15.1. The van der Waals surface area contributed by atoms with Gasteiger partial charge in [-0.05, 0) is 74.9 Å². The van der Waals surface area contributed by atoms with Gasteiger partial charge in [-0.25, -0.2) is 15.0 Å². The van der Waals surface area contributed by atoms with Crippen molar-refractivity contribution in [2.45, 2.75) is 11.8 Å². The molecule has 2 aliphatic carbocycles. The summed E-state index contributed by atoms with van der Waals surface area (Å²) in [5.41, 5.74) is 14.2. The second-order valence-electron chi connectivity index (χ2n) is 15.9. The summed E-state index contributed by atoms with van der Waals surface area (Å²) in [6, 6.07) is 55.7. The van der Waals surface area contributed by atoms with E-state index in [-0.39, 0.29) is 0 Å². The average molecular weight is 812 g/mol. The van der Waals surface area contributed by atoms with Crippen LogP contribution in [0, 0.1) is 0 Å². The van der Waals surface area contributed by atoms with E-state index in [1.54, 1.807) is 11.3 Å². The number of aromatic nitrogens is 3. The summed E-state index contributed by atoms with van der Waals surface area (Å²) in [6.45, 7) is 4.28. The van der Waals surface area contributed by atoms with Crippen molar-refractivity contribution in [3.8, 4) is 56.4 Å². The van der Waals surface area contributed by atoms with Crippen molar-refractivity contribution in [3.63, 3.8) is 0 Å². The predicted octanol–water partition coefficient (Wildman–Crippen LogP) is 15.4. The van der Waals surface area contributed by atoms with Gasteiger partial charge in [0.25, 0.3) is 0 Å². The summed E-state index contributed by atoms with van der Waals surface area (Å²) in [5, 5.41) is 3.56. The van der Waals surface area contributed by atoms with Crippen molar-refractivity contribution in [3.05, 3.63) is 223 Å². The first kappa shape index (κ1) is 36.1. The predicted molar refractivity (Wildman–Crippen MR) is 258 cm³/mol. The first-order chi connectivity index (χ1) is 30.7. The number of thiophene rings is 1. The average Bonchev–Trinajstić information content (AvgIpc) is 3.94. The number of benzene rings is 7. The normalized spacial score (nSPS) is 15.5. The molecule has 2 unspecified atom stereocenters. The largest absolute Gasteiger partial charge is 0.464 e. The van der Waals surface area contributed by atoms with Gasteiger partial charge in [-0.1, -0.05) is 170 Å². The van der Waals surface area contributed by atoms with Crippen molar-refractivity contribution < 1.29 is 4.42 Å². The Morgan fingerprint density at radius 1 is 0.532 bits per heavy atom. The van der Waals surface area contributed by atoms with E-state index < -0.39 is 0 Å². The third-order valence-corrected chi connectivity index (χ3v) is 13.5. The van der Waals surface area contributed by atoms with Crippen molar-refractivity contribution in [2.75, 3.05) is 0 Å². The molecule has 7 aromatic carbocycles. The molecule has 3 heterocycles. The van der Waals surface area contributed by atoms with E-state index in [4.69, 9.17) is 19.4 Å². The maximum atomic E-state index is 6.22. The molecule has 0 saturated heterocycles. The summed E-state index contributed by atoms with van der Waals surface area (Å²) in [6.07, 6.45) is 15.0. The van der Waals surface area contributed by atoms with Crippen LogP contribution in [-0.2, 0) is 0 Å². The fourth-order valence-corrected chi connectivity index (χ4v) is 10.5. The molecular weight excluding hydrogens is 775 g/mol. The van der Waals surface area contributed by atoms with Crippen molar-refractivity contribution in [2.24, 2.45) is 0 Å². The van der Waals surface area contributed by atoms with Crippen LogP contribution in [0.1, 0.15) is 34.1 Å². The Morgan fingerprint density at radius 3 is 1.98 bits per heavy atom. The van der Waals surface area contributed by atoms with E-state index in [1.165, 1.54) is 42.4 Å². The van der Waals surface area contributed by atoms with Gasteiger partial charge in [0.15, 0.2) is 17.5 Å². The van der Waals surface area contributed by atoms with Gasteiger partial charge in [0, 0.05) is 59.6 Å². The van der Waals surface area contributed by atoms with Crippen molar-refractivity contribution >= 4 is 54.1 Å². The minimum atomic E-state index is 0.322. The SMILES string of the molecule is C=C/C(=C\c1coc2cccc(-c3ccc(-c4nc(-c5ccccc5)nc(-c5ccc6c(c5)sc5ccccc56)n4)cc3)c12)c1ccc2c(c1)-c1ccccc1C1C=CC=CC21. The third kappa shape index (κ3) is 6.08. The number of hydrogen-bond acceptors (Lipinski definition) is 5. The van der Waals surface area contributed by atoms with E-state index in [2.05, 4.69) is 158 Å². The maximum absolute atomic E-state index is 6.22. The fourth-order valence-electron chi connectivity index (χ4n) is 9.40. The van der Waals surface area contributed by atoms with Crippen LogP contribution in [0.3, 0.4) is 0 Å². The van der Waals surface area contributed by atoms with Crippen molar-refractivity contribution in [1.82, 2.24) is 15.0 Å². The molecule has 0 radical (unpaired) electrons. The Morgan fingerprint density at radius 2 is 1.18 bits per heavy atom. The molecule has 62 heavy (non-hydrogen) atoms. The highest BCUT2D eigenvalue weighted by atomic mass is 32.1. The van der Waals surface area contributed by atoms with Crippen LogP contribution in [0.25, 0.3) is 99.2 Å². The second kappa shape index (κ2) is 14.8. The zero-order valence-electron chi connectivity index (χ0n) is 33.6. The second-order valence-corrected chi connectivity index (χ2v) is 17.0. The van der Waals surface area contributed by atoms with Crippen molar-refractivity contribution in [1.29, 1.82) is 0 Å². The molecule has 0 saturated carbocycles. The van der Waals surface area contributed by atoms with Gasteiger partial charge >= 0.3 is 0 Å². The van der Waals surface area contributed by atoms with Gasteiger partial charge < -0.3 is 4.42 Å². The molecule has 0 aliphatic heterocycles. The third-order valence-electron chi connectivity index (χ3n) is 12.4. The number of fused-ring (bicyclic) bond motifs is 10. The summed E-state index contributed by atoms with van der Waals surface area (Å²) in [5.74, 6) is 2.58. The van der Waals surface area contributed by atoms with E-state index in [9.17, 15) is 0 Å². The zero-order valence-corrected chi connectivity index (χ0v) is 34.4. The summed E-state index contributed by atoms with van der Waals surface area (Å²) >= 11 is 1.79. The lowest BCUT2D eigenvalue weighted by atomic mass is 9.69. The summed E-state index contributed by atoms with van der Waals surface area (Å²) < 4.78 is 8.69. The Balaban J connectivity index is 0.913. The highest BCUT2D eigenvalue weighted by molar-refractivity contribution is 7.25. The minimum Gasteiger partial charge on any atom is -0.464 e.